The van der Waals surface area contributed by atoms with Gasteiger partial charge in [0.2, 0.25) is 11.8 Å². The van der Waals surface area contributed by atoms with Crippen molar-refractivity contribution < 1.29 is 23.9 Å². The molecule has 2 amide bonds. The van der Waals surface area contributed by atoms with Crippen LogP contribution in [0.3, 0.4) is 0 Å². The number of Topliss-reactive ketones (excluding diaryl/α,β-unsaturated/α-hetero) is 1. The van der Waals surface area contributed by atoms with Crippen molar-refractivity contribution in [3.8, 4) is 5.75 Å². The van der Waals surface area contributed by atoms with Crippen LogP contribution in [0.2, 0.25) is 0 Å². The number of nitrogens with zero attached hydrogens (tertiary/aromatic N) is 1. The highest BCUT2D eigenvalue weighted by Crippen LogP contribution is 2.65. The number of hydrogen-bond donors (Lipinski definition) is 0. The van der Waals surface area contributed by atoms with Crippen LogP contribution in [0.1, 0.15) is 29.3 Å². The molecule has 1 heterocycles. The summed E-state index contributed by atoms with van der Waals surface area (Å²) in [4.78, 5) is 53.7. The summed E-state index contributed by atoms with van der Waals surface area (Å²) in [7, 11) is 0. The van der Waals surface area contributed by atoms with Crippen LogP contribution >= 0.6 is 0 Å². The van der Waals surface area contributed by atoms with Gasteiger partial charge in [-0.05, 0) is 54.7 Å². The Bertz CT molecular complexity index is 1200. The number of ether oxygens (including phenoxy) is 1. The van der Waals surface area contributed by atoms with E-state index in [0.29, 0.717) is 17.4 Å². The van der Waals surface area contributed by atoms with E-state index in [9.17, 15) is 19.2 Å². The van der Waals surface area contributed by atoms with E-state index in [-0.39, 0.29) is 53.4 Å². The molecule has 4 aliphatic carbocycles. The van der Waals surface area contributed by atoms with E-state index in [2.05, 4.69) is 12.2 Å². The number of hydrogen-bond acceptors (Lipinski definition) is 5. The fraction of sp³-hybridized carbons (Fsp3) is 0.357. The number of esters is 1. The van der Waals surface area contributed by atoms with Crippen LogP contribution in [-0.2, 0) is 20.8 Å². The van der Waals surface area contributed by atoms with Gasteiger partial charge in [-0.15, -0.1) is 0 Å². The fourth-order valence-electron chi connectivity index (χ4n) is 6.37. The maximum absolute atomic E-state index is 13.7. The number of allylic oxidation sites excluding steroid dienone is 2. The molecule has 1 aliphatic heterocycles. The number of ketones is 1. The molecule has 172 valence electrons. The minimum atomic E-state index is -1.07. The van der Waals surface area contributed by atoms with Gasteiger partial charge >= 0.3 is 5.97 Å². The topological polar surface area (TPSA) is 80.8 Å². The summed E-state index contributed by atoms with van der Waals surface area (Å²) in [6.07, 6.45) is 5.50. The van der Waals surface area contributed by atoms with Crippen molar-refractivity contribution in [2.45, 2.75) is 25.8 Å². The van der Waals surface area contributed by atoms with Gasteiger partial charge in [-0.3, -0.25) is 19.3 Å². The lowest BCUT2D eigenvalue weighted by atomic mass is 9.63. The monoisotopic (exact) mass is 455 g/mol. The predicted octanol–water partition coefficient (Wildman–Crippen LogP) is 3.46. The first-order valence-corrected chi connectivity index (χ1v) is 11.9. The summed E-state index contributed by atoms with van der Waals surface area (Å²) in [5.41, 5.74) is 1.26. The zero-order chi connectivity index (χ0) is 23.6. The Balaban J connectivity index is 1.32. The average molecular weight is 456 g/mol. The lowest BCUT2D eigenvalue weighted by molar-refractivity contribution is -0.153. The maximum atomic E-state index is 13.7. The molecule has 34 heavy (non-hydrogen) atoms. The predicted molar refractivity (Wildman–Crippen MR) is 123 cm³/mol. The summed E-state index contributed by atoms with van der Waals surface area (Å²) in [5.74, 6) is -0.713. The number of rotatable bonds is 6. The Kier molecular flexibility index (Phi) is 4.80. The van der Waals surface area contributed by atoms with E-state index in [1.807, 2.05) is 30.3 Å². The van der Waals surface area contributed by atoms with Gasteiger partial charge in [0.25, 0.3) is 0 Å². The maximum Gasteiger partial charge on any atom is 0.335 e. The Morgan fingerprint density at radius 3 is 2.21 bits per heavy atom. The Morgan fingerprint density at radius 2 is 1.59 bits per heavy atom. The molecule has 6 heteroatoms. The molecule has 2 aromatic carbocycles. The van der Waals surface area contributed by atoms with Crippen molar-refractivity contribution in [2.24, 2.45) is 35.5 Å². The normalized spacial score (nSPS) is 31.1. The summed E-state index contributed by atoms with van der Waals surface area (Å²) in [6.45, 7) is 1.44. The van der Waals surface area contributed by atoms with Crippen molar-refractivity contribution in [3.05, 3.63) is 77.9 Å². The van der Waals surface area contributed by atoms with Crippen LogP contribution in [0.5, 0.6) is 5.75 Å². The second kappa shape index (κ2) is 7.76. The van der Waals surface area contributed by atoms with Gasteiger partial charge in [-0.25, -0.2) is 4.79 Å². The zero-order valence-corrected chi connectivity index (χ0v) is 18.8. The van der Waals surface area contributed by atoms with Gasteiger partial charge in [0, 0.05) is 12.0 Å². The van der Waals surface area contributed by atoms with Crippen LogP contribution < -0.4 is 4.74 Å². The van der Waals surface area contributed by atoms with Gasteiger partial charge in [0.05, 0.1) is 11.8 Å². The first-order chi connectivity index (χ1) is 16.4. The van der Waals surface area contributed by atoms with Crippen molar-refractivity contribution in [1.82, 2.24) is 4.90 Å². The van der Waals surface area contributed by atoms with E-state index < -0.39 is 12.0 Å². The minimum Gasteiger partial charge on any atom is -0.425 e. The molecule has 0 radical (unpaired) electrons. The first kappa shape index (κ1) is 21.0. The summed E-state index contributed by atoms with van der Waals surface area (Å²) < 4.78 is 5.65. The quantitative estimate of drug-likeness (QED) is 0.219. The number of carbonyl (C=O) groups is 4. The second-order valence-corrected chi connectivity index (χ2v) is 9.91. The van der Waals surface area contributed by atoms with Crippen LogP contribution in [0, 0.1) is 35.5 Å². The third-order valence-electron chi connectivity index (χ3n) is 8.01. The second-order valence-electron chi connectivity index (χ2n) is 9.91. The van der Waals surface area contributed by atoms with Crippen molar-refractivity contribution in [1.29, 1.82) is 0 Å². The molecular formula is C28H25NO5. The molecule has 2 saturated carbocycles. The SMILES string of the molecule is CC(=O)c1cccc(OC(=O)[C@H](Cc2ccccc2)N2C(=O)[C@@H]3[C@H]4C=C[C@@H]([C@@H]5C[C@@H]45)[C@@H]3C2=O)c1. The van der Waals surface area contributed by atoms with Crippen molar-refractivity contribution in [2.75, 3.05) is 0 Å². The summed E-state index contributed by atoms with van der Waals surface area (Å²) in [5, 5.41) is 0. The average Bonchev–Trinajstić information content (AvgIpc) is 3.62. The highest BCUT2D eigenvalue weighted by molar-refractivity contribution is 6.09. The lowest BCUT2D eigenvalue weighted by Crippen LogP contribution is -2.48. The number of amides is 2. The van der Waals surface area contributed by atoms with E-state index in [1.54, 1.807) is 18.2 Å². The standard InChI is InChI=1S/C28H25NO5/c1-15(30)17-8-5-9-18(13-17)34-28(33)23(12-16-6-3-2-4-7-16)29-26(31)24-19-10-11-20(22-14-21(19)22)25(24)27(29)32/h2-11,13,19-25H,12,14H2,1H3/t19-,20-,21-,22-,23-,24-,25+/m0/s1. The number of likely N-dealkylation sites (tertiary alicyclic amines) is 1. The van der Waals surface area contributed by atoms with Crippen LogP contribution in [0.25, 0.3) is 0 Å². The molecule has 2 aromatic rings. The molecule has 7 atom stereocenters. The number of imide groups is 1. The van der Waals surface area contributed by atoms with E-state index in [4.69, 9.17) is 4.74 Å². The van der Waals surface area contributed by atoms with Crippen LogP contribution in [-0.4, -0.2) is 34.5 Å². The molecule has 6 nitrogen and oxygen atoms in total. The third kappa shape index (κ3) is 3.23. The van der Waals surface area contributed by atoms with Gasteiger partial charge in [0.1, 0.15) is 11.8 Å². The fourth-order valence-corrected chi connectivity index (χ4v) is 6.37. The number of carbonyl (C=O) groups excluding carboxylic acids is 4. The van der Waals surface area contributed by atoms with Gasteiger partial charge in [-0.1, -0.05) is 54.6 Å². The van der Waals surface area contributed by atoms with Gasteiger partial charge in [-0.2, -0.15) is 0 Å². The van der Waals surface area contributed by atoms with Crippen molar-refractivity contribution >= 4 is 23.6 Å². The Hall–Kier alpha value is -3.54. The molecule has 0 N–H and O–H groups in total. The van der Waals surface area contributed by atoms with E-state index in [0.717, 1.165) is 12.0 Å². The lowest BCUT2D eigenvalue weighted by Gasteiger charge is -2.37. The molecule has 0 unspecified atom stereocenters. The van der Waals surface area contributed by atoms with Crippen molar-refractivity contribution in [3.63, 3.8) is 0 Å². The Morgan fingerprint density at radius 1 is 0.941 bits per heavy atom. The Labute approximate surface area is 197 Å². The summed E-state index contributed by atoms with van der Waals surface area (Å²) in [6, 6.07) is 14.7. The number of benzene rings is 2. The third-order valence-corrected chi connectivity index (χ3v) is 8.01. The molecule has 7 rings (SSSR count). The largest absolute Gasteiger partial charge is 0.425 e. The smallest absolute Gasteiger partial charge is 0.335 e. The molecule has 0 aromatic heterocycles. The van der Waals surface area contributed by atoms with Gasteiger partial charge in [0.15, 0.2) is 5.78 Å². The molecule has 0 spiro atoms. The van der Waals surface area contributed by atoms with Crippen LogP contribution in [0.15, 0.2) is 66.7 Å². The highest BCUT2D eigenvalue weighted by Gasteiger charge is 2.68. The van der Waals surface area contributed by atoms with Crippen LogP contribution in [0.4, 0.5) is 0 Å². The highest BCUT2D eigenvalue weighted by atomic mass is 16.5. The van der Waals surface area contributed by atoms with Gasteiger partial charge < -0.3 is 4.74 Å². The van der Waals surface area contributed by atoms with E-state index >= 15 is 0 Å². The molecule has 2 bridgehead atoms. The molecule has 1 saturated heterocycles. The molecule has 3 fully saturated rings. The first-order valence-electron chi connectivity index (χ1n) is 11.9. The summed E-state index contributed by atoms with van der Waals surface area (Å²) >= 11 is 0. The van der Waals surface area contributed by atoms with E-state index in [1.165, 1.54) is 17.9 Å². The molecular weight excluding hydrogens is 430 g/mol. The zero-order valence-electron chi connectivity index (χ0n) is 18.8. The molecule has 5 aliphatic rings. The minimum absolute atomic E-state index is 0.0853.